The van der Waals surface area contributed by atoms with Gasteiger partial charge < -0.3 is 0 Å². The molecule has 0 aliphatic heterocycles. The van der Waals surface area contributed by atoms with E-state index in [1.807, 2.05) is 23.6 Å². The lowest BCUT2D eigenvalue weighted by Crippen LogP contribution is -1.95. The maximum absolute atomic E-state index is 12.1. The van der Waals surface area contributed by atoms with Crippen LogP contribution < -0.4 is 0 Å². The molecule has 3 aromatic rings. The summed E-state index contributed by atoms with van der Waals surface area (Å²) in [5.74, 6) is -0.239. The van der Waals surface area contributed by atoms with Gasteiger partial charge in [0.25, 0.3) is 5.69 Å². The zero-order valence-electron chi connectivity index (χ0n) is 12.3. The average Bonchev–Trinajstić information content (AvgIpc) is 3.09. The predicted octanol–water partition coefficient (Wildman–Crippen LogP) is 4.01. The first kappa shape index (κ1) is 15.7. The fourth-order valence-electron chi connectivity index (χ4n) is 1.97. The lowest BCUT2D eigenvalue weighted by atomic mass is 10.1. The Labute approximate surface area is 141 Å². The van der Waals surface area contributed by atoms with Crippen molar-refractivity contribution in [3.05, 3.63) is 81.5 Å². The molecule has 0 unspecified atom stereocenters. The van der Waals surface area contributed by atoms with E-state index in [4.69, 9.17) is 0 Å². The molecule has 0 atom stereocenters. The van der Waals surface area contributed by atoms with Gasteiger partial charge in [0.1, 0.15) is 5.01 Å². The minimum absolute atomic E-state index is 0.0463. The molecule has 7 heteroatoms. The number of aromatic nitrogens is 2. The van der Waals surface area contributed by atoms with E-state index in [9.17, 15) is 14.9 Å². The van der Waals surface area contributed by atoms with Gasteiger partial charge in [-0.05, 0) is 36.4 Å². The number of ketones is 1. The van der Waals surface area contributed by atoms with Gasteiger partial charge in [-0.15, -0.1) is 11.3 Å². The maximum atomic E-state index is 12.1. The van der Waals surface area contributed by atoms with Gasteiger partial charge in [0, 0.05) is 29.3 Å². The summed E-state index contributed by atoms with van der Waals surface area (Å²) in [6.45, 7) is 0. The molecule has 1 aromatic carbocycles. The van der Waals surface area contributed by atoms with E-state index in [1.165, 1.54) is 41.7 Å². The average molecular weight is 337 g/mol. The van der Waals surface area contributed by atoms with E-state index in [-0.39, 0.29) is 11.5 Å². The Balaban J connectivity index is 1.72. The summed E-state index contributed by atoms with van der Waals surface area (Å²) >= 11 is 1.44. The van der Waals surface area contributed by atoms with Crippen molar-refractivity contribution >= 4 is 28.9 Å². The number of thiazole rings is 1. The molecule has 118 valence electrons. The zero-order valence-corrected chi connectivity index (χ0v) is 13.1. The van der Waals surface area contributed by atoms with Crippen LogP contribution >= 0.6 is 11.3 Å². The number of hydrogen-bond acceptors (Lipinski definition) is 6. The predicted molar refractivity (Wildman–Crippen MR) is 91.8 cm³/mol. The Morgan fingerprint density at radius 3 is 2.62 bits per heavy atom. The number of benzene rings is 1. The molecule has 24 heavy (non-hydrogen) atoms. The number of allylic oxidation sites excluding steroid dienone is 1. The molecule has 0 aliphatic carbocycles. The second-order valence-corrected chi connectivity index (χ2v) is 5.65. The number of nitro groups is 1. The molecule has 0 bridgehead atoms. The Morgan fingerprint density at radius 1 is 1.17 bits per heavy atom. The third kappa shape index (κ3) is 3.58. The Bertz CT molecular complexity index is 902. The van der Waals surface area contributed by atoms with Gasteiger partial charge in [-0.25, -0.2) is 4.98 Å². The zero-order chi connectivity index (χ0) is 16.9. The number of nitro benzene ring substituents is 1. The molecule has 0 radical (unpaired) electrons. The van der Waals surface area contributed by atoms with Crippen LogP contribution in [0.5, 0.6) is 0 Å². The fourth-order valence-corrected chi connectivity index (χ4v) is 2.74. The van der Waals surface area contributed by atoms with Gasteiger partial charge in [-0.2, -0.15) is 0 Å². The summed E-state index contributed by atoms with van der Waals surface area (Å²) in [6, 6.07) is 11.1. The highest BCUT2D eigenvalue weighted by atomic mass is 32.1. The number of rotatable bonds is 5. The number of nitrogens with zero attached hydrogens (tertiary/aromatic N) is 3. The van der Waals surface area contributed by atoms with E-state index >= 15 is 0 Å². The van der Waals surface area contributed by atoms with Crippen LogP contribution in [0.1, 0.15) is 16.1 Å². The first-order chi connectivity index (χ1) is 11.6. The third-order valence-corrected chi connectivity index (χ3v) is 4.06. The molecular weight excluding hydrogens is 326 g/mol. The summed E-state index contributed by atoms with van der Waals surface area (Å²) in [7, 11) is 0. The van der Waals surface area contributed by atoms with Gasteiger partial charge in [-0.3, -0.25) is 19.9 Å². The quantitative estimate of drug-likeness (QED) is 0.304. The van der Waals surface area contributed by atoms with Gasteiger partial charge in [0.2, 0.25) is 0 Å². The fraction of sp³-hybridized carbons (Fsp3) is 0. The molecule has 0 spiro atoms. The molecule has 0 N–H and O–H groups in total. The minimum atomic E-state index is -0.501. The summed E-state index contributed by atoms with van der Waals surface area (Å²) in [6.07, 6.45) is 4.72. The third-order valence-electron chi connectivity index (χ3n) is 3.17. The molecular formula is C17H11N3O3S. The monoisotopic (exact) mass is 337 g/mol. The van der Waals surface area contributed by atoms with Gasteiger partial charge >= 0.3 is 0 Å². The first-order valence-electron chi connectivity index (χ1n) is 6.97. The van der Waals surface area contributed by atoms with E-state index in [2.05, 4.69) is 9.97 Å². The van der Waals surface area contributed by atoms with E-state index < -0.39 is 4.92 Å². The van der Waals surface area contributed by atoms with Crippen molar-refractivity contribution in [3.63, 3.8) is 0 Å². The van der Waals surface area contributed by atoms with Crippen LogP contribution in [0.25, 0.3) is 16.8 Å². The molecule has 3 rings (SSSR count). The van der Waals surface area contributed by atoms with Crippen LogP contribution in [0.15, 0.2) is 60.1 Å². The number of non-ortho nitro benzene ring substituents is 1. The van der Waals surface area contributed by atoms with Crippen LogP contribution in [0.4, 0.5) is 5.69 Å². The normalized spacial score (nSPS) is 10.8. The minimum Gasteiger partial charge on any atom is -0.289 e. The SMILES string of the molecule is O=C(C=Cc1csc(-c2ccccn2)n1)c1ccc([N+](=O)[O-])cc1. The van der Waals surface area contributed by atoms with Gasteiger partial charge in [-0.1, -0.05) is 6.07 Å². The largest absolute Gasteiger partial charge is 0.289 e. The van der Waals surface area contributed by atoms with Crippen LogP contribution in [-0.2, 0) is 0 Å². The Morgan fingerprint density at radius 2 is 1.96 bits per heavy atom. The molecule has 6 nitrogen and oxygen atoms in total. The van der Waals surface area contributed by atoms with Crippen molar-refractivity contribution in [2.75, 3.05) is 0 Å². The number of carbonyl (C=O) groups is 1. The van der Waals surface area contributed by atoms with Crippen molar-refractivity contribution in [3.8, 4) is 10.7 Å². The van der Waals surface area contributed by atoms with Crippen molar-refractivity contribution in [1.29, 1.82) is 0 Å². The maximum Gasteiger partial charge on any atom is 0.269 e. The summed E-state index contributed by atoms with van der Waals surface area (Å²) in [5.41, 5.74) is 1.78. The van der Waals surface area contributed by atoms with E-state index in [1.54, 1.807) is 12.3 Å². The van der Waals surface area contributed by atoms with Crippen LogP contribution in [0.2, 0.25) is 0 Å². The van der Waals surface area contributed by atoms with Gasteiger partial charge in [0.15, 0.2) is 5.78 Å². The van der Waals surface area contributed by atoms with Crippen LogP contribution in [-0.4, -0.2) is 20.7 Å². The molecule has 0 saturated heterocycles. The first-order valence-corrected chi connectivity index (χ1v) is 7.85. The smallest absolute Gasteiger partial charge is 0.269 e. The lowest BCUT2D eigenvalue weighted by Gasteiger charge is -1.95. The van der Waals surface area contributed by atoms with Crippen molar-refractivity contribution in [1.82, 2.24) is 9.97 Å². The molecule has 2 aromatic heterocycles. The summed E-state index contributed by atoms with van der Waals surface area (Å²) in [4.78, 5) is 30.8. The molecule has 0 aliphatic rings. The van der Waals surface area contributed by atoms with Crippen LogP contribution in [0, 0.1) is 10.1 Å². The second-order valence-electron chi connectivity index (χ2n) is 4.79. The molecule has 0 saturated carbocycles. The highest BCUT2D eigenvalue weighted by Crippen LogP contribution is 2.22. The molecule has 0 fully saturated rings. The summed E-state index contributed by atoms with van der Waals surface area (Å²) in [5, 5.41) is 13.2. The van der Waals surface area contributed by atoms with Crippen molar-refractivity contribution in [2.45, 2.75) is 0 Å². The number of carbonyl (C=O) groups excluding carboxylic acids is 1. The van der Waals surface area contributed by atoms with Crippen molar-refractivity contribution in [2.24, 2.45) is 0 Å². The number of pyridine rings is 1. The van der Waals surface area contributed by atoms with E-state index in [0.717, 1.165) is 10.7 Å². The Kier molecular flexibility index (Phi) is 4.53. The highest BCUT2D eigenvalue weighted by molar-refractivity contribution is 7.13. The topological polar surface area (TPSA) is 86.0 Å². The highest BCUT2D eigenvalue weighted by Gasteiger charge is 2.08. The van der Waals surface area contributed by atoms with Gasteiger partial charge in [0.05, 0.1) is 16.3 Å². The molecule has 2 heterocycles. The van der Waals surface area contributed by atoms with E-state index in [0.29, 0.717) is 11.3 Å². The summed E-state index contributed by atoms with van der Waals surface area (Å²) < 4.78 is 0. The van der Waals surface area contributed by atoms with Crippen LogP contribution in [0.3, 0.4) is 0 Å². The van der Waals surface area contributed by atoms with Crippen molar-refractivity contribution < 1.29 is 9.72 Å². The standard InChI is InChI=1S/C17H11N3O3S/c21-16(12-4-7-14(8-5-12)20(22)23)9-6-13-11-24-17(19-13)15-3-1-2-10-18-15/h1-11H. The lowest BCUT2D eigenvalue weighted by molar-refractivity contribution is -0.384. The Hall–Kier alpha value is -3.19. The number of hydrogen-bond donors (Lipinski definition) is 0. The molecule has 0 amide bonds. The second kappa shape index (κ2) is 6.93.